The fraction of sp³-hybridized carbons (Fsp3) is 0.250. The van der Waals surface area contributed by atoms with E-state index in [1.54, 1.807) is 18.2 Å². The number of nitrogens with two attached hydrogens (primary N) is 2. The highest BCUT2D eigenvalue weighted by molar-refractivity contribution is 7.89. The monoisotopic (exact) mass is 642 g/mol. The zero-order valence-electron chi connectivity index (χ0n) is 23.2. The van der Waals surface area contributed by atoms with Crippen LogP contribution in [-0.4, -0.2) is 98.0 Å². The summed E-state index contributed by atoms with van der Waals surface area (Å²) in [6.07, 6.45) is -6.78. The van der Waals surface area contributed by atoms with Crippen LogP contribution in [-0.2, 0) is 26.0 Å². The van der Waals surface area contributed by atoms with Crippen molar-refractivity contribution in [2.24, 2.45) is 10.9 Å². The number of aromatic nitrogens is 2. The Bertz CT molecular complexity index is 1910. The van der Waals surface area contributed by atoms with E-state index in [0.29, 0.717) is 16.6 Å². The molecule has 13 N–H and O–H groups in total. The van der Waals surface area contributed by atoms with Crippen molar-refractivity contribution in [3.63, 3.8) is 0 Å². The summed E-state index contributed by atoms with van der Waals surface area (Å²) in [4.78, 5) is 20.3. The number of H-pyrrole nitrogens is 1. The minimum Gasteiger partial charge on any atom is -0.507 e. The van der Waals surface area contributed by atoms with Gasteiger partial charge in [-0.15, -0.1) is 0 Å². The Labute approximate surface area is 255 Å². The van der Waals surface area contributed by atoms with Gasteiger partial charge in [0.2, 0.25) is 15.9 Å². The highest BCUT2D eigenvalue weighted by atomic mass is 32.2. The van der Waals surface area contributed by atoms with Gasteiger partial charge in [-0.25, -0.2) is 18.5 Å². The van der Waals surface area contributed by atoms with Crippen LogP contribution >= 0.6 is 0 Å². The van der Waals surface area contributed by atoms with Gasteiger partial charge in [-0.3, -0.25) is 10.2 Å². The quantitative estimate of drug-likeness (QED) is 0.0789. The molecule has 5 rings (SSSR count). The molecule has 16 nitrogen and oxygen atoms in total. The first-order chi connectivity index (χ1) is 21.2. The summed E-state index contributed by atoms with van der Waals surface area (Å²) in [5.41, 5.74) is 6.92. The number of carbonyl (C=O) groups excluding carboxylic acids is 1. The third-order valence-corrected chi connectivity index (χ3v) is 8.31. The number of aliphatic hydroxyl groups excluding tert-OH is 4. The number of ether oxygens (including phenoxy) is 1. The number of fused-ring (bicyclic) bond motifs is 1. The van der Waals surface area contributed by atoms with Gasteiger partial charge in [-0.1, -0.05) is 0 Å². The molecule has 0 radical (unpaired) electrons. The number of aromatic amines is 1. The Morgan fingerprint density at radius 1 is 1.02 bits per heavy atom. The number of imidazole rings is 1. The number of phenols is 2. The predicted molar refractivity (Wildman–Crippen MR) is 158 cm³/mol. The highest BCUT2D eigenvalue weighted by Crippen LogP contribution is 2.43. The van der Waals surface area contributed by atoms with Gasteiger partial charge in [0.25, 0.3) is 0 Å². The van der Waals surface area contributed by atoms with Crippen LogP contribution in [0.5, 0.6) is 11.5 Å². The summed E-state index contributed by atoms with van der Waals surface area (Å²) in [7, 11) is -4.22. The molecule has 45 heavy (non-hydrogen) atoms. The van der Waals surface area contributed by atoms with Crippen molar-refractivity contribution in [3.05, 3.63) is 59.7 Å². The number of rotatable bonds is 8. The summed E-state index contributed by atoms with van der Waals surface area (Å²) in [5, 5.41) is 77.6. The van der Waals surface area contributed by atoms with Crippen LogP contribution in [0.1, 0.15) is 11.1 Å². The van der Waals surface area contributed by atoms with Crippen LogP contribution in [0, 0.1) is 5.41 Å². The van der Waals surface area contributed by atoms with E-state index < -0.39 is 71.1 Å². The lowest BCUT2D eigenvalue weighted by molar-refractivity contribution is -0.253. The van der Waals surface area contributed by atoms with Crippen molar-refractivity contribution in [1.29, 1.82) is 5.41 Å². The van der Waals surface area contributed by atoms with Gasteiger partial charge in [-0.2, -0.15) is 0 Å². The molecule has 0 bridgehead atoms. The van der Waals surface area contributed by atoms with E-state index in [4.69, 9.17) is 21.0 Å². The molecule has 0 spiro atoms. The van der Waals surface area contributed by atoms with E-state index in [0.717, 1.165) is 18.2 Å². The summed E-state index contributed by atoms with van der Waals surface area (Å²) >= 11 is 0. The molecular formula is C28H30N6O10S. The van der Waals surface area contributed by atoms with Crippen LogP contribution in [0.3, 0.4) is 0 Å². The van der Waals surface area contributed by atoms with Crippen molar-refractivity contribution in [2.45, 2.75) is 42.0 Å². The van der Waals surface area contributed by atoms with E-state index in [1.807, 2.05) is 0 Å². The number of benzene rings is 3. The summed E-state index contributed by atoms with van der Waals surface area (Å²) in [6, 6.07) is 9.22. The van der Waals surface area contributed by atoms with Crippen molar-refractivity contribution in [1.82, 2.24) is 15.3 Å². The van der Waals surface area contributed by atoms with E-state index in [9.17, 15) is 43.9 Å². The second-order valence-corrected chi connectivity index (χ2v) is 12.1. The largest absolute Gasteiger partial charge is 0.507 e. The average molecular weight is 643 g/mol. The number of phenolic OH excluding ortho intramolecular Hbond substituents is 2. The normalized spacial score (nSPS) is 21.9. The lowest BCUT2D eigenvalue weighted by atomic mass is 9.95. The average Bonchev–Trinajstić information content (AvgIpc) is 3.41. The van der Waals surface area contributed by atoms with Gasteiger partial charge < -0.3 is 51.4 Å². The third kappa shape index (κ3) is 6.31. The minimum atomic E-state index is -4.22. The molecule has 4 aromatic rings. The van der Waals surface area contributed by atoms with Crippen LogP contribution in [0.2, 0.25) is 0 Å². The van der Waals surface area contributed by atoms with Crippen LogP contribution in [0.4, 0.5) is 0 Å². The Kier molecular flexibility index (Phi) is 8.51. The number of carbonyl (C=O) groups is 1. The molecule has 0 saturated carbocycles. The van der Waals surface area contributed by atoms with Gasteiger partial charge in [0, 0.05) is 16.7 Å². The Morgan fingerprint density at radius 2 is 1.73 bits per heavy atom. The SMILES string of the molecule is N=C(N)c1ccc2nc(-c3cc(CC(=O)NC4C(O)OC(CO)C(O)C4O)cc(-c4cc(S(N)(=O)=O)ccc4O)c3O)[nH]c2c1. The smallest absolute Gasteiger partial charge is 0.238 e. The molecule has 1 aliphatic rings. The lowest BCUT2D eigenvalue weighted by Gasteiger charge is -2.40. The Hall–Kier alpha value is -4.62. The van der Waals surface area contributed by atoms with Crippen LogP contribution < -0.4 is 16.2 Å². The zero-order valence-corrected chi connectivity index (χ0v) is 24.1. The van der Waals surface area contributed by atoms with Crippen molar-refractivity contribution >= 4 is 32.8 Å². The molecule has 1 amide bonds. The second kappa shape index (κ2) is 12.1. The highest BCUT2D eigenvalue weighted by Gasteiger charge is 2.44. The van der Waals surface area contributed by atoms with E-state index >= 15 is 0 Å². The molecule has 1 fully saturated rings. The number of primary sulfonamides is 1. The summed E-state index contributed by atoms with van der Waals surface area (Å²) in [6.45, 7) is -0.688. The number of nitrogen functional groups attached to an aromatic ring is 1. The first-order valence-corrected chi connectivity index (χ1v) is 14.9. The van der Waals surface area contributed by atoms with E-state index in [-0.39, 0.29) is 38.8 Å². The number of nitrogens with zero attached hydrogens (tertiary/aromatic N) is 1. The Morgan fingerprint density at radius 3 is 2.40 bits per heavy atom. The van der Waals surface area contributed by atoms with Crippen LogP contribution in [0.25, 0.3) is 33.5 Å². The molecular weight excluding hydrogens is 612 g/mol. The van der Waals surface area contributed by atoms with Gasteiger partial charge in [0.05, 0.1) is 34.5 Å². The Balaban J connectivity index is 1.58. The summed E-state index contributed by atoms with van der Waals surface area (Å²) in [5.74, 6) is -1.71. The van der Waals surface area contributed by atoms with Crippen LogP contribution in [0.15, 0.2) is 53.4 Å². The van der Waals surface area contributed by atoms with Gasteiger partial charge >= 0.3 is 0 Å². The molecule has 2 heterocycles. The van der Waals surface area contributed by atoms with E-state index in [1.165, 1.54) is 12.1 Å². The number of nitrogens with one attached hydrogen (secondary N) is 3. The summed E-state index contributed by atoms with van der Waals surface area (Å²) < 4.78 is 29.2. The topological polar surface area (TPSA) is 298 Å². The number of hydrogen-bond donors (Lipinski definition) is 11. The number of aliphatic hydroxyl groups is 4. The number of hydrogen-bond acceptors (Lipinski definition) is 12. The van der Waals surface area contributed by atoms with Gasteiger partial charge in [0.1, 0.15) is 47.5 Å². The fourth-order valence-electron chi connectivity index (χ4n) is 5.07. The van der Waals surface area contributed by atoms with Gasteiger partial charge in [-0.05, 0) is 54.1 Å². The minimum absolute atomic E-state index is 0.0403. The molecule has 1 saturated heterocycles. The number of amidine groups is 1. The molecule has 3 aromatic carbocycles. The molecule has 5 atom stereocenters. The molecule has 0 aliphatic carbocycles. The number of aromatic hydroxyl groups is 2. The number of sulfonamides is 1. The molecule has 17 heteroatoms. The van der Waals surface area contributed by atoms with Crippen molar-refractivity contribution < 1.29 is 48.6 Å². The zero-order chi connectivity index (χ0) is 32.8. The first kappa shape index (κ1) is 31.8. The van der Waals surface area contributed by atoms with Crippen molar-refractivity contribution in [3.8, 4) is 34.0 Å². The fourth-order valence-corrected chi connectivity index (χ4v) is 5.61. The lowest BCUT2D eigenvalue weighted by Crippen LogP contribution is -2.64. The molecule has 238 valence electrons. The number of amides is 1. The third-order valence-electron chi connectivity index (χ3n) is 7.40. The molecule has 1 aliphatic heterocycles. The maximum atomic E-state index is 13.1. The van der Waals surface area contributed by atoms with E-state index in [2.05, 4.69) is 15.3 Å². The molecule has 1 aromatic heterocycles. The van der Waals surface area contributed by atoms with Crippen molar-refractivity contribution in [2.75, 3.05) is 6.61 Å². The first-order valence-electron chi connectivity index (χ1n) is 13.3. The molecule has 5 unspecified atom stereocenters. The second-order valence-electron chi connectivity index (χ2n) is 10.5. The standard InChI is InChI=1S/C28H30N6O10S/c29-26(30)12-1-3-17-18(8-12)33-27(32-17)16-6-11(7-21(37)34-22-25(40)24(39)20(10-35)44-28(22)41)5-15(23(16)38)14-9-13(45(31,42)43)2-4-19(14)36/h1-6,8-9,20,22,24-25,28,35-36,38-41H,7,10H2,(H3,29,30)(H,32,33)(H,34,37)(H2,31,42,43). The maximum Gasteiger partial charge on any atom is 0.238 e. The van der Waals surface area contributed by atoms with Gasteiger partial charge in [0.15, 0.2) is 6.29 Å². The predicted octanol–water partition coefficient (Wildman–Crippen LogP) is -1.30. The maximum absolute atomic E-state index is 13.1.